The van der Waals surface area contributed by atoms with Crippen molar-refractivity contribution in [3.8, 4) is 11.8 Å². The zero-order valence-corrected chi connectivity index (χ0v) is 16.9. The molecule has 2 heterocycles. The highest BCUT2D eigenvalue weighted by Gasteiger charge is 2.26. The predicted molar refractivity (Wildman–Crippen MR) is 110 cm³/mol. The largest absolute Gasteiger partial charge is 0.497 e. The molecule has 28 heavy (non-hydrogen) atoms. The van der Waals surface area contributed by atoms with Gasteiger partial charge in [0.05, 0.1) is 38.9 Å². The number of rotatable bonds is 5. The van der Waals surface area contributed by atoms with E-state index < -0.39 is 0 Å². The SMILES string of the molecule is COc1cccc(N2CC[NH+](CC(=O)Nc3sc4c(c3C#N)CCC4)CC2)c1. The maximum atomic E-state index is 12.5. The van der Waals surface area contributed by atoms with E-state index in [2.05, 4.69) is 28.4 Å². The van der Waals surface area contributed by atoms with E-state index >= 15 is 0 Å². The number of nitriles is 1. The quantitative estimate of drug-likeness (QED) is 0.802. The lowest BCUT2D eigenvalue weighted by Gasteiger charge is -2.33. The monoisotopic (exact) mass is 397 g/mol. The van der Waals surface area contributed by atoms with Crippen LogP contribution in [0.15, 0.2) is 24.3 Å². The van der Waals surface area contributed by atoms with Gasteiger partial charge in [0.25, 0.3) is 5.91 Å². The third-order valence-electron chi connectivity index (χ3n) is 5.59. The van der Waals surface area contributed by atoms with Gasteiger partial charge >= 0.3 is 0 Å². The smallest absolute Gasteiger partial charge is 0.280 e. The molecule has 146 valence electrons. The lowest BCUT2D eigenvalue weighted by atomic mass is 10.1. The number of anilines is 2. The number of carbonyl (C=O) groups is 1. The highest BCUT2D eigenvalue weighted by Crippen LogP contribution is 2.38. The molecule has 1 amide bonds. The number of aryl methyl sites for hydroxylation is 1. The van der Waals surface area contributed by atoms with Crippen LogP contribution in [0.3, 0.4) is 0 Å². The summed E-state index contributed by atoms with van der Waals surface area (Å²) in [5.74, 6) is 0.865. The zero-order valence-electron chi connectivity index (χ0n) is 16.1. The van der Waals surface area contributed by atoms with Gasteiger partial charge < -0.3 is 19.9 Å². The van der Waals surface area contributed by atoms with Crippen molar-refractivity contribution in [2.75, 3.05) is 50.1 Å². The van der Waals surface area contributed by atoms with Gasteiger partial charge in [0, 0.05) is 16.6 Å². The Kier molecular flexibility index (Phi) is 5.51. The number of thiophene rings is 1. The number of amides is 1. The van der Waals surface area contributed by atoms with E-state index in [0.29, 0.717) is 12.1 Å². The summed E-state index contributed by atoms with van der Waals surface area (Å²) in [7, 11) is 1.68. The van der Waals surface area contributed by atoms with Crippen LogP contribution in [-0.2, 0) is 17.6 Å². The van der Waals surface area contributed by atoms with Crippen molar-refractivity contribution in [3.05, 3.63) is 40.3 Å². The molecule has 2 aliphatic rings. The van der Waals surface area contributed by atoms with E-state index in [1.807, 2.05) is 12.1 Å². The van der Waals surface area contributed by atoms with Crippen molar-refractivity contribution >= 4 is 27.9 Å². The van der Waals surface area contributed by atoms with Gasteiger partial charge in [-0.05, 0) is 37.0 Å². The summed E-state index contributed by atoms with van der Waals surface area (Å²) in [6.45, 7) is 4.09. The number of fused-ring (bicyclic) bond motifs is 1. The molecule has 1 aromatic heterocycles. The second kappa shape index (κ2) is 8.21. The summed E-state index contributed by atoms with van der Waals surface area (Å²) >= 11 is 1.58. The minimum Gasteiger partial charge on any atom is -0.497 e. The van der Waals surface area contributed by atoms with Gasteiger partial charge in [-0.1, -0.05) is 6.07 Å². The third-order valence-corrected chi connectivity index (χ3v) is 6.79. The Balaban J connectivity index is 1.31. The van der Waals surface area contributed by atoms with Crippen LogP contribution in [0.2, 0.25) is 0 Å². The Morgan fingerprint density at radius 3 is 2.93 bits per heavy atom. The highest BCUT2D eigenvalue weighted by molar-refractivity contribution is 7.16. The van der Waals surface area contributed by atoms with Gasteiger partial charge in [-0.2, -0.15) is 5.26 Å². The van der Waals surface area contributed by atoms with Crippen LogP contribution in [0.25, 0.3) is 0 Å². The average molecular weight is 398 g/mol. The van der Waals surface area contributed by atoms with Crippen LogP contribution in [0.4, 0.5) is 10.7 Å². The fourth-order valence-corrected chi connectivity index (χ4v) is 5.33. The van der Waals surface area contributed by atoms with Gasteiger partial charge in [-0.3, -0.25) is 4.79 Å². The van der Waals surface area contributed by atoms with Crippen molar-refractivity contribution in [2.45, 2.75) is 19.3 Å². The molecule has 0 saturated carbocycles. The van der Waals surface area contributed by atoms with Crippen LogP contribution in [0.5, 0.6) is 5.75 Å². The summed E-state index contributed by atoms with van der Waals surface area (Å²) in [5.41, 5.74) is 3.00. The summed E-state index contributed by atoms with van der Waals surface area (Å²) < 4.78 is 5.31. The molecule has 1 aromatic carbocycles. The summed E-state index contributed by atoms with van der Waals surface area (Å²) in [6, 6.07) is 10.4. The Morgan fingerprint density at radius 1 is 1.36 bits per heavy atom. The molecule has 1 fully saturated rings. The predicted octanol–water partition coefficient (Wildman–Crippen LogP) is 1.46. The summed E-state index contributed by atoms with van der Waals surface area (Å²) in [6.07, 6.45) is 3.11. The fourth-order valence-electron chi connectivity index (χ4n) is 4.07. The molecular weight excluding hydrogens is 372 g/mol. The van der Waals surface area contributed by atoms with E-state index in [9.17, 15) is 10.1 Å². The molecule has 0 atom stereocenters. The second-order valence-electron chi connectivity index (χ2n) is 7.34. The molecule has 1 aliphatic heterocycles. The Labute approximate surface area is 169 Å². The van der Waals surface area contributed by atoms with Crippen LogP contribution in [-0.4, -0.2) is 45.7 Å². The third kappa shape index (κ3) is 3.84. The Bertz CT molecular complexity index is 910. The lowest BCUT2D eigenvalue weighted by molar-refractivity contribution is -0.892. The van der Waals surface area contributed by atoms with E-state index in [1.54, 1.807) is 18.4 Å². The first kappa shape index (κ1) is 18.8. The molecular formula is C21H25N4O2S+. The minimum absolute atomic E-state index is 0.00116. The number of hydrogen-bond donors (Lipinski definition) is 2. The first-order chi connectivity index (χ1) is 13.7. The van der Waals surface area contributed by atoms with Gasteiger partial charge in [0.15, 0.2) is 6.54 Å². The van der Waals surface area contributed by atoms with Crippen molar-refractivity contribution in [2.24, 2.45) is 0 Å². The molecule has 0 radical (unpaired) electrons. The standard InChI is InChI=1S/C21H24N4O2S/c1-27-16-5-2-4-15(12-16)25-10-8-24(9-11-25)14-20(26)23-21-18(13-22)17-6-3-7-19(17)28-21/h2,4-5,12H,3,6-11,14H2,1H3,(H,23,26)/p+1. The van der Waals surface area contributed by atoms with Gasteiger partial charge in [-0.25, -0.2) is 0 Å². The molecule has 2 aromatic rings. The molecule has 1 saturated heterocycles. The number of piperazine rings is 1. The number of hydrogen-bond acceptors (Lipinski definition) is 5. The molecule has 0 spiro atoms. The maximum absolute atomic E-state index is 12.5. The van der Waals surface area contributed by atoms with E-state index in [4.69, 9.17) is 4.74 Å². The summed E-state index contributed by atoms with van der Waals surface area (Å²) in [4.78, 5) is 17.4. The van der Waals surface area contributed by atoms with Gasteiger partial charge in [0.2, 0.25) is 0 Å². The lowest BCUT2D eigenvalue weighted by Crippen LogP contribution is -3.15. The van der Waals surface area contributed by atoms with Crippen LogP contribution in [0, 0.1) is 11.3 Å². The number of nitrogens with one attached hydrogen (secondary N) is 2. The van der Waals surface area contributed by atoms with Crippen molar-refractivity contribution in [3.63, 3.8) is 0 Å². The zero-order chi connectivity index (χ0) is 19.5. The fraction of sp³-hybridized carbons (Fsp3) is 0.429. The molecule has 4 rings (SSSR count). The number of ether oxygens (including phenoxy) is 1. The van der Waals surface area contributed by atoms with Crippen molar-refractivity contribution in [1.29, 1.82) is 5.26 Å². The minimum atomic E-state index is 0.00116. The average Bonchev–Trinajstić information content (AvgIpc) is 3.29. The molecule has 1 aliphatic carbocycles. The van der Waals surface area contributed by atoms with Gasteiger partial charge in [0.1, 0.15) is 16.8 Å². The summed E-state index contributed by atoms with van der Waals surface area (Å²) in [5, 5.41) is 13.2. The molecule has 6 nitrogen and oxygen atoms in total. The second-order valence-corrected chi connectivity index (χ2v) is 8.44. The van der Waals surface area contributed by atoms with E-state index in [0.717, 1.165) is 67.4 Å². The highest BCUT2D eigenvalue weighted by atomic mass is 32.1. The normalized spacial score (nSPS) is 16.5. The number of carbonyl (C=O) groups excluding carboxylic acids is 1. The maximum Gasteiger partial charge on any atom is 0.280 e. The Hall–Kier alpha value is -2.56. The van der Waals surface area contributed by atoms with Crippen molar-refractivity contribution < 1.29 is 14.4 Å². The molecule has 0 bridgehead atoms. The molecule has 7 heteroatoms. The van der Waals surface area contributed by atoms with Crippen molar-refractivity contribution in [1.82, 2.24) is 0 Å². The van der Waals surface area contributed by atoms with E-state index in [-0.39, 0.29) is 5.91 Å². The van der Waals surface area contributed by atoms with Crippen LogP contribution >= 0.6 is 11.3 Å². The Morgan fingerprint density at radius 2 is 2.18 bits per heavy atom. The van der Waals surface area contributed by atoms with E-state index in [1.165, 1.54) is 9.78 Å². The topological polar surface area (TPSA) is 69.8 Å². The number of methoxy groups -OCH3 is 1. The first-order valence-corrected chi connectivity index (χ1v) is 10.6. The number of quaternary nitrogens is 1. The number of nitrogens with zero attached hydrogens (tertiary/aromatic N) is 2. The first-order valence-electron chi connectivity index (χ1n) is 9.75. The molecule has 0 unspecified atom stereocenters. The van der Waals surface area contributed by atoms with Crippen LogP contribution in [0.1, 0.15) is 22.4 Å². The molecule has 2 N–H and O–H groups in total. The van der Waals surface area contributed by atoms with Gasteiger partial charge in [-0.15, -0.1) is 11.3 Å². The number of benzene rings is 1. The van der Waals surface area contributed by atoms with Crippen LogP contribution < -0.4 is 19.9 Å².